The zero-order chi connectivity index (χ0) is 22.2. The maximum atomic E-state index is 13.5. The first-order valence-electron chi connectivity index (χ1n) is 10.1. The molecule has 0 bridgehead atoms. The molecule has 3 heterocycles. The Morgan fingerprint density at radius 2 is 1.78 bits per heavy atom. The molecule has 7 heteroatoms. The third kappa shape index (κ3) is 3.33. The molecule has 7 nitrogen and oxygen atoms in total. The fourth-order valence-electron chi connectivity index (χ4n) is 3.73. The number of aryl methyl sites for hydroxylation is 2. The summed E-state index contributed by atoms with van der Waals surface area (Å²) in [7, 11) is 1.63. The molecule has 5 rings (SSSR count). The molecule has 2 aromatic carbocycles. The van der Waals surface area contributed by atoms with Crippen LogP contribution in [0.2, 0.25) is 0 Å². The van der Waals surface area contributed by atoms with Crippen molar-refractivity contribution in [2.24, 2.45) is 0 Å². The van der Waals surface area contributed by atoms with Crippen molar-refractivity contribution in [3.05, 3.63) is 87.8 Å². The van der Waals surface area contributed by atoms with Crippen LogP contribution in [0.15, 0.2) is 63.9 Å². The summed E-state index contributed by atoms with van der Waals surface area (Å²) in [6.45, 7) is 3.58. The lowest BCUT2D eigenvalue weighted by Gasteiger charge is -2.10. The highest BCUT2D eigenvalue weighted by Gasteiger charge is 2.19. The number of rotatable bonds is 4. The summed E-state index contributed by atoms with van der Waals surface area (Å²) >= 11 is 0. The zero-order valence-electron chi connectivity index (χ0n) is 17.9. The highest BCUT2D eigenvalue weighted by molar-refractivity contribution is 5.90. The van der Waals surface area contributed by atoms with E-state index >= 15 is 0 Å². The molecule has 0 amide bonds. The molecule has 0 N–H and O–H groups in total. The molecule has 32 heavy (non-hydrogen) atoms. The van der Waals surface area contributed by atoms with Crippen LogP contribution in [0.25, 0.3) is 39.8 Å². The standard InChI is InChI=1S/C25H20N4O3/c1-15-23(22(32-28-15)13-10-17-8-11-19(31-3)12-9-17)29-16(2)26-24-20(25(29)30)14-18-6-4-5-7-21(18)27-24/h4-14H,1-3H3/b13-10+. The highest BCUT2D eigenvalue weighted by Crippen LogP contribution is 2.23. The SMILES string of the molecule is COc1ccc(/C=C/c2onc(C)c2-n2c(C)nc3nc4ccccc4cc3c2=O)cc1. The fraction of sp³-hybridized carbons (Fsp3) is 0.120. The number of ether oxygens (including phenoxy) is 1. The van der Waals surface area contributed by atoms with Gasteiger partial charge in [-0.15, -0.1) is 0 Å². The number of nitrogens with zero attached hydrogens (tertiary/aromatic N) is 4. The lowest BCUT2D eigenvalue weighted by molar-refractivity contribution is 0.408. The van der Waals surface area contributed by atoms with E-state index in [0.717, 1.165) is 22.2 Å². The predicted molar refractivity (Wildman–Crippen MR) is 124 cm³/mol. The van der Waals surface area contributed by atoms with Gasteiger partial charge in [-0.05, 0) is 49.8 Å². The van der Waals surface area contributed by atoms with Crippen molar-refractivity contribution in [2.75, 3.05) is 7.11 Å². The van der Waals surface area contributed by atoms with Gasteiger partial charge < -0.3 is 9.26 Å². The van der Waals surface area contributed by atoms with Gasteiger partial charge >= 0.3 is 0 Å². The second-order valence-electron chi connectivity index (χ2n) is 7.44. The lowest BCUT2D eigenvalue weighted by atomic mass is 10.1. The van der Waals surface area contributed by atoms with Gasteiger partial charge in [0.15, 0.2) is 11.4 Å². The van der Waals surface area contributed by atoms with Crippen LogP contribution >= 0.6 is 0 Å². The van der Waals surface area contributed by atoms with Gasteiger partial charge in [-0.3, -0.25) is 9.36 Å². The number of pyridine rings is 1. The van der Waals surface area contributed by atoms with Crippen molar-refractivity contribution in [1.29, 1.82) is 0 Å². The van der Waals surface area contributed by atoms with E-state index in [1.165, 1.54) is 4.57 Å². The third-order valence-electron chi connectivity index (χ3n) is 5.35. The van der Waals surface area contributed by atoms with E-state index in [1.54, 1.807) is 27.0 Å². The van der Waals surface area contributed by atoms with E-state index in [1.807, 2.05) is 60.7 Å². The van der Waals surface area contributed by atoms with E-state index in [9.17, 15) is 4.79 Å². The van der Waals surface area contributed by atoms with Crippen molar-refractivity contribution in [1.82, 2.24) is 19.7 Å². The molecule has 0 spiro atoms. The Kier molecular flexibility index (Phi) is 4.78. The quantitative estimate of drug-likeness (QED) is 0.388. The van der Waals surface area contributed by atoms with Crippen molar-refractivity contribution >= 4 is 34.1 Å². The van der Waals surface area contributed by atoms with Gasteiger partial charge in [0.1, 0.15) is 23.0 Å². The molecule has 5 aromatic rings. The van der Waals surface area contributed by atoms with Gasteiger partial charge in [0, 0.05) is 5.39 Å². The minimum Gasteiger partial charge on any atom is -0.497 e. The molecule has 0 atom stereocenters. The molecule has 3 aromatic heterocycles. The van der Waals surface area contributed by atoms with Gasteiger partial charge in [-0.25, -0.2) is 9.97 Å². The Hall–Kier alpha value is -4.26. The summed E-state index contributed by atoms with van der Waals surface area (Å²) in [4.78, 5) is 22.7. The molecule has 0 saturated heterocycles. The molecular formula is C25H20N4O3. The number of benzene rings is 2. The summed E-state index contributed by atoms with van der Waals surface area (Å²) in [5.41, 5.74) is 3.14. The summed E-state index contributed by atoms with van der Waals surface area (Å²) in [6.07, 6.45) is 3.69. The number of hydrogen-bond donors (Lipinski definition) is 0. The molecule has 0 unspecified atom stereocenters. The number of para-hydroxylation sites is 1. The molecule has 158 valence electrons. The lowest BCUT2D eigenvalue weighted by Crippen LogP contribution is -2.23. The second kappa shape index (κ2) is 7.77. The van der Waals surface area contributed by atoms with Gasteiger partial charge in [0.2, 0.25) is 0 Å². The minimum atomic E-state index is -0.212. The van der Waals surface area contributed by atoms with Gasteiger partial charge in [-0.1, -0.05) is 41.6 Å². The average molecular weight is 424 g/mol. The highest BCUT2D eigenvalue weighted by atomic mass is 16.5. The molecule has 0 aliphatic carbocycles. The summed E-state index contributed by atoms with van der Waals surface area (Å²) in [5.74, 6) is 1.76. The molecule has 0 saturated carbocycles. The normalized spacial score (nSPS) is 11.6. The Bertz CT molecular complexity index is 1550. The fourth-order valence-corrected chi connectivity index (χ4v) is 3.73. The van der Waals surface area contributed by atoms with E-state index < -0.39 is 0 Å². The molecule has 0 aliphatic rings. The van der Waals surface area contributed by atoms with Crippen molar-refractivity contribution in [3.8, 4) is 11.4 Å². The number of hydrogen-bond acceptors (Lipinski definition) is 6. The van der Waals surface area contributed by atoms with Crippen LogP contribution in [0.4, 0.5) is 0 Å². The van der Waals surface area contributed by atoms with Gasteiger partial charge in [0.05, 0.1) is 18.0 Å². The van der Waals surface area contributed by atoms with E-state index in [0.29, 0.717) is 34.0 Å². The largest absolute Gasteiger partial charge is 0.497 e. The van der Waals surface area contributed by atoms with Gasteiger partial charge in [0.25, 0.3) is 5.56 Å². The van der Waals surface area contributed by atoms with Crippen molar-refractivity contribution in [3.63, 3.8) is 0 Å². The van der Waals surface area contributed by atoms with E-state index in [-0.39, 0.29) is 5.56 Å². The van der Waals surface area contributed by atoms with Crippen LogP contribution in [0.1, 0.15) is 22.8 Å². The number of aromatic nitrogens is 4. The second-order valence-corrected chi connectivity index (χ2v) is 7.44. The van der Waals surface area contributed by atoms with Gasteiger partial charge in [-0.2, -0.15) is 0 Å². The zero-order valence-corrected chi connectivity index (χ0v) is 17.9. The van der Waals surface area contributed by atoms with E-state index in [4.69, 9.17) is 9.26 Å². The first kappa shape index (κ1) is 19.7. The smallest absolute Gasteiger partial charge is 0.267 e. The topological polar surface area (TPSA) is 83.0 Å². The molecule has 0 fully saturated rings. The van der Waals surface area contributed by atoms with Crippen LogP contribution in [0.3, 0.4) is 0 Å². The minimum absolute atomic E-state index is 0.212. The first-order chi connectivity index (χ1) is 15.5. The van der Waals surface area contributed by atoms with Crippen LogP contribution in [-0.2, 0) is 0 Å². The monoisotopic (exact) mass is 424 g/mol. The molecule has 0 radical (unpaired) electrons. The molecule has 0 aliphatic heterocycles. The van der Waals surface area contributed by atoms with Crippen LogP contribution < -0.4 is 10.3 Å². The predicted octanol–water partition coefficient (Wildman–Crippen LogP) is 4.72. The maximum absolute atomic E-state index is 13.5. The summed E-state index contributed by atoms with van der Waals surface area (Å²) in [5, 5.41) is 5.43. The summed E-state index contributed by atoms with van der Waals surface area (Å²) < 4.78 is 12.3. The Labute approximate surface area is 183 Å². The maximum Gasteiger partial charge on any atom is 0.267 e. The van der Waals surface area contributed by atoms with Crippen molar-refractivity contribution in [2.45, 2.75) is 13.8 Å². The first-order valence-corrected chi connectivity index (χ1v) is 10.1. The number of fused-ring (bicyclic) bond motifs is 2. The van der Waals surface area contributed by atoms with Crippen LogP contribution in [0.5, 0.6) is 5.75 Å². The van der Waals surface area contributed by atoms with Crippen LogP contribution in [0, 0.1) is 13.8 Å². The molecular weight excluding hydrogens is 404 g/mol. The van der Waals surface area contributed by atoms with E-state index in [2.05, 4.69) is 15.1 Å². The Morgan fingerprint density at radius 1 is 1.00 bits per heavy atom. The number of methoxy groups -OCH3 is 1. The summed E-state index contributed by atoms with van der Waals surface area (Å²) in [6, 6.07) is 17.1. The average Bonchev–Trinajstić information content (AvgIpc) is 3.17. The Balaban J connectivity index is 1.65. The van der Waals surface area contributed by atoms with Crippen molar-refractivity contribution < 1.29 is 9.26 Å². The Morgan fingerprint density at radius 3 is 2.56 bits per heavy atom. The van der Waals surface area contributed by atoms with Crippen LogP contribution in [-0.4, -0.2) is 26.8 Å². The third-order valence-corrected chi connectivity index (χ3v) is 5.35.